The summed E-state index contributed by atoms with van der Waals surface area (Å²) in [5, 5.41) is 28.3. The molecule has 0 N–H and O–H groups in total. The lowest BCUT2D eigenvalue weighted by Crippen LogP contribution is -2.26. The normalized spacial score (nSPS) is 11.6. The molecule has 1 aromatic carbocycles. The van der Waals surface area contributed by atoms with Crippen molar-refractivity contribution in [1.29, 1.82) is 5.26 Å². The maximum Gasteiger partial charge on any atom is 0.279 e. The summed E-state index contributed by atoms with van der Waals surface area (Å²) in [5.41, 5.74) is 1.60. The van der Waals surface area contributed by atoms with Crippen molar-refractivity contribution in [3.05, 3.63) is 69.5 Å². The Kier molecular flexibility index (Phi) is 5.29. The zero-order valence-corrected chi connectivity index (χ0v) is 16.4. The molecular weight excluding hydrogens is 396 g/mol. The molecule has 0 saturated carbocycles. The summed E-state index contributed by atoms with van der Waals surface area (Å²) < 4.78 is 28.4. The minimum absolute atomic E-state index is 0.0175. The molecule has 3 rings (SSSR count). The Morgan fingerprint density at radius 3 is 2.79 bits per heavy atom. The highest BCUT2D eigenvalue weighted by atomic mass is 32.2. The minimum atomic E-state index is -4.11. The van der Waals surface area contributed by atoms with Crippen molar-refractivity contribution in [3.63, 3.8) is 0 Å². The number of fused-ring (bicyclic) bond motifs is 1. The van der Waals surface area contributed by atoms with Crippen molar-refractivity contribution in [2.45, 2.75) is 18.7 Å². The van der Waals surface area contributed by atoms with Crippen LogP contribution < -0.4 is 0 Å². The number of aromatic nitrogens is 2. The highest BCUT2D eigenvalue weighted by molar-refractivity contribution is 7.89. The number of aryl methyl sites for hydroxylation is 1. The maximum absolute atomic E-state index is 13.0. The number of nitrogens with zero attached hydrogens (tertiary/aromatic N) is 6. The summed E-state index contributed by atoms with van der Waals surface area (Å²) in [6, 6.07) is 8.91. The van der Waals surface area contributed by atoms with Crippen molar-refractivity contribution >= 4 is 27.4 Å². The molecule has 0 bridgehead atoms. The molecule has 0 spiro atoms. The Morgan fingerprint density at radius 1 is 1.38 bits per heavy atom. The first-order valence-electron chi connectivity index (χ1n) is 8.47. The van der Waals surface area contributed by atoms with Crippen LogP contribution in [0.1, 0.15) is 23.6 Å². The van der Waals surface area contributed by atoms with Gasteiger partial charge in [0.15, 0.2) is 0 Å². The van der Waals surface area contributed by atoms with Crippen LogP contribution in [0.2, 0.25) is 0 Å². The van der Waals surface area contributed by atoms with Gasteiger partial charge in [-0.05, 0) is 31.5 Å². The third-order valence-corrected chi connectivity index (χ3v) is 6.12. The number of nitro groups is 1. The van der Waals surface area contributed by atoms with E-state index in [1.165, 1.54) is 29.1 Å². The highest BCUT2D eigenvalue weighted by Crippen LogP contribution is 2.25. The van der Waals surface area contributed by atoms with E-state index in [9.17, 15) is 18.5 Å². The van der Waals surface area contributed by atoms with E-state index in [1.54, 1.807) is 32.2 Å². The van der Waals surface area contributed by atoms with Gasteiger partial charge in [0.2, 0.25) is 0 Å². The monoisotopic (exact) mass is 412 g/mol. The van der Waals surface area contributed by atoms with E-state index >= 15 is 0 Å². The lowest BCUT2D eigenvalue weighted by molar-refractivity contribution is -0.385. The van der Waals surface area contributed by atoms with Crippen LogP contribution in [0, 0.1) is 28.4 Å². The highest BCUT2D eigenvalue weighted by Gasteiger charge is 2.26. The van der Waals surface area contributed by atoms with Gasteiger partial charge in [0.25, 0.3) is 15.7 Å². The number of rotatable bonds is 6. The summed E-state index contributed by atoms with van der Waals surface area (Å²) in [5.74, 6) is 0. The van der Waals surface area contributed by atoms with Gasteiger partial charge in [0, 0.05) is 23.9 Å². The second-order valence-corrected chi connectivity index (χ2v) is 7.86. The predicted octanol–water partition coefficient (Wildman–Crippen LogP) is 2.47. The summed E-state index contributed by atoms with van der Waals surface area (Å²) in [4.78, 5) is 10.2. The molecule has 0 amide bonds. The molecule has 0 aliphatic carbocycles. The molecule has 0 unspecified atom stereocenters. The van der Waals surface area contributed by atoms with Crippen molar-refractivity contribution in [3.8, 4) is 6.07 Å². The average Bonchev–Trinajstić information content (AvgIpc) is 3.10. The summed E-state index contributed by atoms with van der Waals surface area (Å²) in [6.45, 7) is 3.18. The van der Waals surface area contributed by atoms with Crippen molar-refractivity contribution in [2.24, 2.45) is 5.10 Å². The Bertz CT molecular complexity index is 1270. The molecule has 148 valence electrons. The lowest BCUT2D eigenvalue weighted by atomic mass is 10.2. The molecule has 2 heterocycles. The zero-order chi connectivity index (χ0) is 21.2. The van der Waals surface area contributed by atoms with E-state index in [4.69, 9.17) is 5.26 Å². The average molecular weight is 412 g/mol. The van der Waals surface area contributed by atoms with Gasteiger partial charge in [-0.2, -0.15) is 28.3 Å². The first-order chi connectivity index (χ1) is 13.8. The molecule has 3 aromatic rings. The molecule has 0 fully saturated rings. The minimum Gasteiger partial charge on any atom is -0.258 e. The molecule has 10 nitrogen and oxygen atoms in total. The van der Waals surface area contributed by atoms with Gasteiger partial charge in [0.1, 0.15) is 0 Å². The second kappa shape index (κ2) is 7.69. The molecule has 0 atom stereocenters. The molecule has 29 heavy (non-hydrogen) atoms. The fourth-order valence-electron chi connectivity index (χ4n) is 2.70. The van der Waals surface area contributed by atoms with Crippen LogP contribution in [0.5, 0.6) is 0 Å². The zero-order valence-electron chi connectivity index (χ0n) is 15.6. The number of nitro benzene ring substituents is 1. The Labute approximate surface area is 166 Å². The quantitative estimate of drug-likeness (QED) is 0.347. The van der Waals surface area contributed by atoms with Crippen LogP contribution in [-0.4, -0.2) is 40.1 Å². The number of sulfonamides is 1. The van der Waals surface area contributed by atoms with E-state index in [1.807, 2.05) is 6.07 Å². The molecule has 2 aromatic heterocycles. The Hall–Kier alpha value is -3.78. The standard InChI is InChI=1S/C18H16N6O4S/c1-3-23(29(27,28)18-9-16(24(25)26)5-4-13(18)2)21-12-15-11-20-22-7-6-14(10-19)8-17(15)22/h4-9,11-12H,3H2,1-2H3/b21-12-. The van der Waals surface area contributed by atoms with Crippen molar-refractivity contribution in [1.82, 2.24) is 14.0 Å². The number of benzene rings is 1. The summed E-state index contributed by atoms with van der Waals surface area (Å²) in [7, 11) is -4.11. The summed E-state index contributed by atoms with van der Waals surface area (Å²) in [6.07, 6.45) is 4.45. The van der Waals surface area contributed by atoms with Gasteiger partial charge in [-0.3, -0.25) is 10.1 Å². The van der Waals surface area contributed by atoms with E-state index < -0.39 is 14.9 Å². The molecular formula is C18H16N6O4S. The Balaban J connectivity index is 2.01. The number of hydrazone groups is 1. The van der Waals surface area contributed by atoms with Crippen molar-refractivity contribution in [2.75, 3.05) is 6.54 Å². The van der Waals surface area contributed by atoms with E-state index in [2.05, 4.69) is 10.2 Å². The number of nitriles is 1. The maximum atomic E-state index is 13.0. The largest absolute Gasteiger partial charge is 0.279 e. The molecule has 0 radical (unpaired) electrons. The van der Waals surface area contributed by atoms with E-state index in [0.717, 1.165) is 10.5 Å². The van der Waals surface area contributed by atoms with Gasteiger partial charge >= 0.3 is 0 Å². The SMILES string of the molecule is CCN(/N=C\c1cnn2ccc(C#N)cc12)S(=O)(=O)c1cc([N+](=O)[O-])ccc1C. The number of hydrogen-bond acceptors (Lipinski definition) is 7. The van der Waals surface area contributed by atoms with Crippen molar-refractivity contribution < 1.29 is 13.3 Å². The van der Waals surface area contributed by atoms with Gasteiger partial charge in [-0.1, -0.05) is 6.07 Å². The third kappa shape index (κ3) is 3.78. The summed E-state index contributed by atoms with van der Waals surface area (Å²) >= 11 is 0. The number of non-ortho nitro benzene ring substituents is 1. The molecule has 0 saturated heterocycles. The van der Waals surface area contributed by atoms with Crippen LogP contribution in [0.4, 0.5) is 5.69 Å². The van der Waals surface area contributed by atoms with Crippen LogP contribution in [0.15, 0.2) is 52.7 Å². The first-order valence-corrected chi connectivity index (χ1v) is 9.91. The fourth-order valence-corrected chi connectivity index (χ4v) is 4.19. The first kappa shape index (κ1) is 20.0. The van der Waals surface area contributed by atoms with E-state index in [0.29, 0.717) is 22.2 Å². The van der Waals surface area contributed by atoms with Crippen LogP contribution in [0.25, 0.3) is 5.52 Å². The topological polar surface area (TPSA) is 134 Å². The van der Waals surface area contributed by atoms with Gasteiger partial charge in [-0.25, -0.2) is 4.52 Å². The Morgan fingerprint density at radius 2 is 2.14 bits per heavy atom. The van der Waals surface area contributed by atoms with Crippen LogP contribution in [0.3, 0.4) is 0 Å². The molecule has 0 aliphatic rings. The predicted molar refractivity (Wildman–Crippen MR) is 105 cm³/mol. The molecule has 11 heteroatoms. The van der Waals surface area contributed by atoms with Crippen LogP contribution in [-0.2, 0) is 10.0 Å². The van der Waals surface area contributed by atoms with Gasteiger partial charge in [0.05, 0.1) is 45.9 Å². The van der Waals surface area contributed by atoms with E-state index in [-0.39, 0.29) is 17.1 Å². The number of pyridine rings is 1. The second-order valence-electron chi connectivity index (χ2n) is 6.05. The molecule has 0 aliphatic heterocycles. The third-order valence-electron chi connectivity index (χ3n) is 4.21. The van der Waals surface area contributed by atoms with Gasteiger partial charge < -0.3 is 0 Å². The number of hydrogen-bond donors (Lipinski definition) is 0. The van der Waals surface area contributed by atoms with Gasteiger partial charge in [-0.15, -0.1) is 0 Å². The fraction of sp³-hybridized carbons (Fsp3) is 0.167. The smallest absolute Gasteiger partial charge is 0.258 e. The lowest BCUT2D eigenvalue weighted by Gasteiger charge is -2.18. The van der Waals surface area contributed by atoms with Crippen LogP contribution >= 0.6 is 0 Å².